The summed E-state index contributed by atoms with van der Waals surface area (Å²) in [7, 11) is 0. The molecular weight excluding hydrogens is 268 g/mol. The summed E-state index contributed by atoms with van der Waals surface area (Å²) in [6, 6.07) is 8.13. The van der Waals surface area contributed by atoms with Crippen molar-refractivity contribution in [1.29, 1.82) is 0 Å². The highest BCUT2D eigenvalue weighted by molar-refractivity contribution is 7.09. The van der Waals surface area contributed by atoms with Crippen LogP contribution >= 0.6 is 11.3 Å². The third-order valence-corrected chi connectivity index (χ3v) is 3.72. The van der Waals surface area contributed by atoms with Crippen molar-refractivity contribution in [2.75, 3.05) is 6.61 Å². The van der Waals surface area contributed by atoms with Crippen LogP contribution in [0.5, 0.6) is 5.75 Å². The van der Waals surface area contributed by atoms with Gasteiger partial charge in [0.05, 0.1) is 12.3 Å². The van der Waals surface area contributed by atoms with Crippen LogP contribution in [0.3, 0.4) is 0 Å². The van der Waals surface area contributed by atoms with Crippen LogP contribution in [0.2, 0.25) is 0 Å². The SMILES string of the molecule is CC(C)(C)NCc1cc(OCCc2cccs2)ccn1. The van der Waals surface area contributed by atoms with Gasteiger partial charge in [0.25, 0.3) is 0 Å². The van der Waals surface area contributed by atoms with Crippen molar-refractivity contribution in [3.8, 4) is 5.75 Å². The van der Waals surface area contributed by atoms with Crippen LogP contribution in [0.15, 0.2) is 35.8 Å². The fraction of sp³-hybridized carbons (Fsp3) is 0.438. The van der Waals surface area contributed by atoms with E-state index in [-0.39, 0.29) is 5.54 Å². The summed E-state index contributed by atoms with van der Waals surface area (Å²) in [6.45, 7) is 7.90. The molecule has 108 valence electrons. The number of thiophene rings is 1. The molecule has 2 aromatic rings. The van der Waals surface area contributed by atoms with Gasteiger partial charge < -0.3 is 10.1 Å². The standard InChI is InChI=1S/C16H22N2OS/c1-16(2,3)18-12-13-11-14(6-8-17-13)19-9-7-15-5-4-10-20-15/h4-6,8,10-11,18H,7,9,12H2,1-3H3. The Bertz CT molecular complexity index is 518. The average molecular weight is 290 g/mol. The Morgan fingerprint density at radius 1 is 1.30 bits per heavy atom. The van der Waals surface area contributed by atoms with Crippen molar-refractivity contribution in [1.82, 2.24) is 10.3 Å². The van der Waals surface area contributed by atoms with Crippen LogP contribution in [-0.2, 0) is 13.0 Å². The van der Waals surface area contributed by atoms with E-state index >= 15 is 0 Å². The highest BCUT2D eigenvalue weighted by Crippen LogP contribution is 2.14. The number of hydrogen-bond donors (Lipinski definition) is 1. The Hall–Kier alpha value is -1.39. The molecule has 2 aromatic heterocycles. The first-order valence-electron chi connectivity index (χ1n) is 6.88. The van der Waals surface area contributed by atoms with Gasteiger partial charge >= 0.3 is 0 Å². The fourth-order valence-corrected chi connectivity index (χ4v) is 2.41. The summed E-state index contributed by atoms with van der Waals surface area (Å²) in [5.41, 5.74) is 1.10. The van der Waals surface area contributed by atoms with E-state index in [1.807, 2.05) is 12.1 Å². The van der Waals surface area contributed by atoms with Gasteiger partial charge in [0.15, 0.2) is 0 Å². The molecule has 3 nitrogen and oxygen atoms in total. The lowest BCUT2D eigenvalue weighted by molar-refractivity contribution is 0.321. The first kappa shape index (κ1) is 15.0. The third-order valence-electron chi connectivity index (χ3n) is 2.79. The van der Waals surface area contributed by atoms with E-state index in [4.69, 9.17) is 4.74 Å². The van der Waals surface area contributed by atoms with Crippen molar-refractivity contribution in [2.45, 2.75) is 39.3 Å². The highest BCUT2D eigenvalue weighted by Gasteiger charge is 2.09. The number of hydrogen-bond acceptors (Lipinski definition) is 4. The second-order valence-electron chi connectivity index (χ2n) is 5.76. The molecule has 0 aliphatic rings. The summed E-state index contributed by atoms with van der Waals surface area (Å²) >= 11 is 1.77. The molecular formula is C16H22N2OS. The second-order valence-corrected chi connectivity index (χ2v) is 6.80. The average Bonchev–Trinajstić information content (AvgIpc) is 2.89. The first-order chi connectivity index (χ1) is 9.53. The van der Waals surface area contributed by atoms with Crippen molar-refractivity contribution < 1.29 is 4.74 Å². The van der Waals surface area contributed by atoms with Crippen LogP contribution in [0.4, 0.5) is 0 Å². The molecule has 2 rings (SSSR count). The van der Waals surface area contributed by atoms with Gasteiger partial charge in [-0.1, -0.05) is 6.07 Å². The second kappa shape index (κ2) is 6.86. The molecule has 0 radical (unpaired) electrons. The zero-order valence-electron chi connectivity index (χ0n) is 12.3. The summed E-state index contributed by atoms with van der Waals surface area (Å²) < 4.78 is 5.79. The molecule has 0 saturated heterocycles. The van der Waals surface area contributed by atoms with E-state index in [0.29, 0.717) is 6.61 Å². The molecule has 1 N–H and O–H groups in total. The van der Waals surface area contributed by atoms with E-state index in [1.165, 1.54) is 4.88 Å². The zero-order valence-corrected chi connectivity index (χ0v) is 13.2. The summed E-state index contributed by atoms with van der Waals surface area (Å²) in [4.78, 5) is 5.72. The minimum Gasteiger partial charge on any atom is -0.493 e. The van der Waals surface area contributed by atoms with Crippen molar-refractivity contribution >= 4 is 11.3 Å². The number of nitrogens with one attached hydrogen (secondary N) is 1. The lowest BCUT2D eigenvalue weighted by Gasteiger charge is -2.20. The Labute approximate surface area is 125 Å². The highest BCUT2D eigenvalue weighted by atomic mass is 32.1. The van der Waals surface area contributed by atoms with E-state index in [2.05, 4.69) is 48.6 Å². The number of ether oxygens (including phenoxy) is 1. The molecule has 0 amide bonds. The zero-order chi connectivity index (χ0) is 14.4. The molecule has 0 fully saturated rings. The summed E-state index contributed by atoms with van der Waals surface area (Å²) in [6.07, 6.45) is 2.76. The normalized spacial score (nSPS) is 11.6. The van der Waals surface area contributed by atoms with Gasteiger partial charge in [-0.2, -0.15) is 0 Å². The van der Waals surface area contributed by atoms with E-state index < -0.39 is 0 Å². The molecule has 0 spiro atoms. The molecule has 0 bridgehead atoms. The lowest BCUT2D eigenvalue weighted by Crippen LogP contribution is -2.35. The van der Waals surface area contributed by atoms with E-state index in [1.54, 1.807) is 17.5 Å². The molecule has 20 heavy (non-hydrogen) atoms. The van der Waals surface area contributed by atoms with Crippen molar-refractivity contribution in [3.05, 3.63) is 46.4 Å². The quantitative estimate of drug-likeness (QED) is 0.881. The molecule has 0 saturated carbocycles. The maximum atomic E-state index is 5.79. The third kappa shape index (κ3) is 5.31. The minimum atomic E-state index is 0.0950. The van der Waals surface area contributed by atoms with Gasteiger partial charge in [0.1, 0.15) is 5.75 Å². The molecule has 0 unspecified atom stereocenters. The first-order valence-corrected chi connectivity index (χ1v) is 7.76. The van der Waals surface area contributed by atoms with Gasteiger partial charge in [-0.15, -0.1) is 11.3 Å². The van der Waals surface area contributed by atoms with Crippen LogP contribution in [0.25, 0.3) is 0 Å². The molecule has 0 atom stereocenters. The lowest BCUT2D eigenvalue weighted by atomic mass is 10.1. The van der Waals surface area contributed by atoms with Crippen molar-refractivity contribution in [3.63, 3.8) is 0 Å². The molecule has 2 heterocycles. The Morgan fingerprint density at radius 3 is 2.85 bits per heavy atom. The number of nitrogens with zero attached hydrogens (tertiary/aromatic N) is 1. The van der Waals surface area contributed by atoms with E-state index in [0.717, 1.165) is 24.4 Å². The van der Waals surface area contributed by atoms with Gasteiger partial charge in [-0.05, 0) is 38.3 Å². The fourth-order valence-electron chi connectivity index (χ4n) is 1.72. The molecule has 0 aliphatic heterocycles. The summed E-state index contributed by atoms with van der Waals surface area (Å²) in [5, 5.41) is 5.52. The minimum absolute atomic E-state index is 0.0950. The smallest absolute Gasteiger partial charge is 0.122 e. The Kier molecular flexibility index (Phi) is 5.15. The van der Waals surface area contributed by atoms with Crippen LogP contribution in [0, 0.1) is 0 Å². The maximum absolute atomic E-state index is 5.79. The molecule has 0 aromatic carbocycles. The van der Waals surface area contributed by atoms with Gasteiger partial charge in [-0.25, -0.2) is 0 Å². The Balaban J connectivity index is 1.83. The number of rotatable bonds is 6. The van der Waals surface area contributed by atoms with Crippen LogP contribution < -0.4 is 10.1 Å². The Morgan fingerprint density at radius 2 is 2.15 bits per heavy atom. The number of aromatic nitrogens is 1. The van der Waals surface area contributed by atoms with Crippen LogP contribution in [0.1, 0.15) is 31.3 Å². The van der Waals surface area contributed by atoms with E-state index in [9.17, 15) is 0 Å². The van der Waals surface area contributed by atoms with Gasteiger partial charge in [0.2, 0.25) is 0 Å². The topological polar surface area (TPSA) is 34.1 Å². The number of pyridine rings is 1. The molecule has 4 heteroatoms. The monoisotopic (exact) mass is 290 g/mol. The largest absolute Gasteiger partial charge is 0.493 e. The summed E-state index contributed by atoms with van der Waals surface area (Å²) in [5.74, 6) is 0.891. The van der Waals surface area contributed by atoms with Crippen LogP contribution in [-0.4, -0.2) is 17.1 Å². The van der Waals surface area contributed by atoms with Gasteiger partial charge in [0, 0.05) is 35.6 Å². The molecule has 0 aliphatic carbocycles. The van der Waals surface area contributed by atoms with Crippen molar-refractivity contribution in [2.24, 2.45) is 0 Å². The van der Waals surface area contributed by atoms with Gasteiger partial charge in [-0.3, -0.25) is 4.98 Å². The predicted octanol–water partition coefficient (Wildman–Crippen LogP) is 3.65. The maximum Gasteiger partial charge on any atom is 0.122 e. The predicted molar refractivity (Wildman–Crippen MR) is 84.3 cm³/mol.